The van der Waals surface area contributed by atoms with Crippen molar-refractivity contribution in [3.05, 3.63) is 60.8 Å². The molecule has 278 valence electrons. The van der Waals surface area contributed by atoms with Crippen LogP contribution in [0.1, 0.15) is 181 Å². The Kier molecular flexibility index (Phi) is 36.3. The van der Waals surface area contributed by atoms with Crippen molar-refractivity contribution < 1.29 is 20.1 Å². The SMILES string of the molecule is CCCCC/C=C\C/C=C\CCCCCCCC(O)CC(=O)NC(CO)C(O)/C=C/CC/C=C/CC/C=C/CCCCCCCCCC. The zero-order valence-corrected chi connectivity index (χ0v) is 31.3. The van der Waals surface area contributed by atoms with Crippen molar-refractivity contribution in [1.82, 2.24) is 5.32 Å². The number of unbranched alkanes of at least 4 members (excludes halogenated alkanes) is 18. The molecule has 0 saturated carbocycles. The summed E-state index contributed by atoms with van der Waals surface area (Å²) in [6.45, 7) is 4.14. The normalized spacial score (nSPS) is 14.4. The molecule has 0 rings (SSSR count). The lowest BCUT2D eigenvalue weighted by Gasteiger charge is -2.20. The molecule has 4 N–H and O–H groups in total. The van der Waals surface area contributed by atoms with Gasteiger partial charge < -0.3 is 20.6 Å². The molecule has 3 atom stereocenters. The molecule has 0 aliphatic carbocycles. The van der Waals surface area contributed by atoms with Gasteiger partial charge in [-0.15, -0.1) is 0 Å². The van der Waals surface area contributed by atoms with Crippen LogP contribution in [0.15, 0.2) is 60.8 Å². The number of allylic oxidation sites excluding steroid dienone is 9. The molecule has 0 spiro atoms. The first-order valence-corrected chi connectivity index (χ1v) is 20.1. The molecule has 0 bridgehead atoms. The van der Waals surface area contributed by atoms with Crippen LogP contribution in [0.5, 0.6) is 0 Å². The van der Waals surface area contributed by atoms with Crippen LogP contribution in [0.3, 0.4) is 0 Å². The van der Waals surface area contributed by atoms with Crippen LogP contribution in [-0.2, 0) is 4.79 Å². The van der Waals surface area contributed by atoms with E-state index in [1.165, 1.54) is 96.3 Å². The zero-order chi connectivity index (χ0) is 35.2. The second-order valence-electron chi connectivity index (χ2n) is 13.5. The van der Waals surface area contributed by atoms with E-state index in [1.807, 2.05) is 6.08 Å². The molecule has 3 unspecified atom stereocenters. The highest BCUT2D eigenvalue weighted by molar-refractivity contribution is 5.76. The van der Waals surface area contributed by atoms with Gasteiger partial charge >= 0.3 is 0 Å². The number of aliphatic hydroxyl groups is 3. The number of nitrogens with one attached hydrogen (secondary N) is 1. The minimum atomic E-state index is -0.965. The highest BCUT2D eigenvalue weighted by Crippen LogP contribution is 2.12. The predicted octanol–water partition coefficient (Wildman–Crippen LogP) is 11.1. The molecule has 0 aliphatic rings. The lowest BCUT2D eigenvalue weighted by atomic mass is 10.0. The van der Waals surface area contributed by atoms with Crippen molar-refractivity contribution in [3.63, 3.8) is 0 Å². The lowest BCUT2D eigenvalue weighted by molar-refractivity contribution is -0.124. The maximum Gasteiger partial charge on any atom is 0.222 e. The quantitative estimate of drug-likeness (QED) is 0.0399. The van der Waals surface area contributed by atoms with Gasteiger partial charge in [-0.25, -0.2) is 0 Å². The minimum Gasteiger partial charge on any atom is -0.394 e. The molecule has 0 saturated heterocycles. The first-order valence-electron chi connectivity index (χ1n) is 20.1. The van der Waals surface area contributed by atoms with E-state index in [0.29, 0.717) is 6.42 Å². The van der Waals surface area contributed by atoms with E-state index < -0.39 is 18.2 Å². The van der Waals surface area contributed by atoms with E-state index in [9.17, 15) is 20.1 Å². The van der Waals surface area contributed by atoms with Crippen LogP contribution in [0.2, 0.25) is 0 Å². The average molecular weight is 672 g/mol. The third-order valence-corrected chi connectivity index (χ3v) is 8.76. The summed E-state index contributed by atoms with van der Waals surface area (Å²) in [5, 5.41) is 33.1. The van der Waals surface area contributed by atoms with Crippen LogP contribution in [-0.4, -0.2) is 46.1 Å². The van der Waals surface area contributed by atoms with Crippen molar-refractivity contribution in [1.29, 1.82) is 0 Å². The smallest absolute Gasteiger partial charge is 0.222 e. The van der Waals surface area contributed by atoms with Gasteiger partial charge in [-0.2, -0.15) is 0 Å². The van der Waals surface area contributed by atoms with Crippen molar-refractivity contribution in [2.45, 2.75) is 199 Å². The van der Waals surface area contributed by atoms with E-state index in [1.54, 1.807) is 6.08 Å². The third-order valence-electron chi connectivity index (χ3n) is 8.76. The Labute approximate surface area is 297 Å². The van der Waals surface area contributed by atoms with E-state index in [-0.39, 0.29) is 18.9 Å². The molecule has 1 amide bonds. The van der Waals surface area contributed by atoms with Gasteiger partial charge in [0.15, 0.2) is 0 Å². The number of carbonyl (C=O) groups is 1. The Morgan fingerprint density at radius 1 is 0.542 bits per heavy atom. The monoisotopic (exact) mass is 672 g/mol. The Bertz CT molecular complexity index is 831. The van der Waals surface area contributed by atoms with Gasteiger partial charge in [-0.05, 0) is 77.0 Å². The Morgan fingerprint density at radius 3 is 1.50 bits per heavy atom. The van der Waals surface area contributed by atoms with E-state index in [0.717, 1.165) is 57.8 Å². The molecule has 5 nitrogen and oxygen atoms in total. The van der Waals surface area contributed by atoms with Crippen LogP contribution < -0.4 is 5.32 Å². The van der Waals surface area contributed by atoms with Crippen LogP contribution in [0, 0.1) is 0 Å². The molecule has 0 aromatic heterocycles. The Balaban J connectivity index is 3.83. The van der Waals surface area contributed by atoms with Gasteiger partial charge in [0.25, 0.3) is 0 Å². The van der Waals surface area contributed by atoms with E-state index in [4.69, 9.17) is 0 Å². The molecule has 0 aromatic carbocycles. The van der Waals surface area contributed by atoms with Crippen LogP contribution in [0.4, 0.5) is 0 Å². The van der Waals surface area contributed by atoms with Gasteiger partial charge in [-0.1, -0.05) is 158 Å². The third kappa shape index (κ3) is 33.9. The second kappa shape index (κ2) is 37.9. The van der Waals surface area contributed by atoms with Gasteiger partial charge in [-0.3, -0.25) is 4.79 Å². The number of rotatable bonds is 35. The standard InChI is InChI=1S/C43H77NO4/c1-3-5-7-9-11-13-15-17-19-20-21-23-25-27-29-31-33-35-37-42(47)41(39-45)44-43(48)38-40(46)36-34-32-30-28-26-24-22-18-16-14-12-10-8-6-4-2/h12,14,18,20-22,27,29,35,37,40-42,45-47H,3-11,13,15-17,19,23-26,28,30-34,36,38-39H2,1-2H3,(H,44,48)/b14-12-,21-20+,22-18-,29-27+,37-35+. The Morgan fingerprint density at radius 2 is 0.958 bits per heavy atom. The summed E-state index contributed by atoms with van der Waals surface area (Å²) in [6, 6.07) is -0.773. The molecule has 5 heteroatoms. The summed E-state index contributed by atoms with van der Waals surface area (Å²) in [6.07, 6.45) is 49.2. The summed E-state index contributed by atoms with van der Waals surface area (Å²) < 4.78 is 0. The maximum absolute atomic E-state index is 12.4. The maximum atomic E-state index is 12.4. The van der Waals surface area contributed by atoms with Crippen molar-refractivity contribution in [3.8, 4) is 0 Å². The zero-order valence-electron chi connectivity index (χ0n) is 31.3. The van der Waals surface area contributed by atoms with E-state index >= 15 is 0 Å². The highest BCUT2D eigenvalue weighted by atomic mass is 16.3. The fourth-order valence-electron chi connectivity index (χ4n) is 5.63. The van der Waals surface area contributed by atoms with Gasteiger partial charge in [0.05, 0.1) is 31.3 Å². The molecular formula is C43H77NO4. The fraction of sp³-hybridized carbons (Fsp3) is 0.744. The topological polar surface area (TPSA) is 89.8 Å². The largest absolute Gasteiger partial charge is 0.394 e. The number of hydrogen-bond donors (Lipinski definition) is 4. The van der Waals surface area contributed by atoms with E-state index in [2.05, 4.69) is 67.8 Å². The van der Waals surface area contributed by atoms with Gasteiger partial charge in [0.1, 0.15) is 0 Å². The van der Waals surface area contributed by atoms with Crippen molar-refractivity contribution in [2.24, 2.45) is 0 Å². The first-order chi connectivity index (χ1) is 23.5. The number of amides is 1. The molecule has 0 fully saturated rings. The minimum absolute atomic E-state index is 0.00996. The van der Waals surface area contributed by atoms with Crippen LogP contribution in [0.25, 0.3) is 0 Å². The average Bonchev–Trinajstić information content (AvgIpc) is 3.08. The molecule has 0 heterocycles. The number of hydrogen-bond acceptors (Lipinski definition) is 4. The number of carbonyl (C=O) groups excluding carboxylic acids is 1. The fourth-order valence-corrected chi connectivity index (χ4v) is 5.63. The summed E-state index contributed by atoms with van der Waals surface area (Å²) in [4.78, 5) is 12.4. The summed E-state index contributed by atoms with van der Waals surface area (Å²) in [5.41, 5.74) is 0. The van der Waals surface area contributed by atoms with Gasteiger partial charge in [0, 0.05) is 0 Å². The second-order valence-corrected chi connectivity index (χ2v) is 13.5. The lowest BCUT2D eigenvalue weighted by Crippen LogP contribution is -2.45. The van der Waals surface area contributed by atoms with Crippen molar-refractivity contribution >= 4 is 5.91 Å². The summed E-state index contributed by atoms with van der Waals surface area (Å²) in [5.74, 6) is -0.341. The molecule has 0 aliphatic heterocycles. The first kappa shape index (κ1) is 46.0. The molecular weight excluding hydrogens is 594 g/mol. The highest BCUT2D eigenvalue weighted by Gasteiger charge is 2.20. The van der Waals surface area contributed by atoms with Crippen LogP contribution >= 0.6 is 0 Å². The molecule has 0 radical (unpaired) electrons. The van der Waals surface area contributed by atoms with Gasteiger partial charge in [0.2, 0.25) is 5.91 Å². The number of aliphatic hydroxyl groups excluding tert-OH is 3. The summed E-state index contributed by atoms with van der Waals surface area (Å²) in [7, 11) is 0. The molecule has 0 aromatic rings. The van der Waals surface area contributed by atoms with Crippen molar-refractivity contribution in [2.75, 3.05) is 6.61 Å². The molecule has 48 heavy (non-hydrogen) atoms. The summed E-state index contributed by atoms with van der Waals surface area (Å²) >= 11 is 0. The predicted molar refractivity (Wildman–Crippen MR) is 208 cm³/mol. The Hall–Kier alpha value is -1.95.